The van der Waals surface area contributed by atoms with Crippen LogP contribution in [-0.4, -0.2) is 36.0 Å². The zero-order chi connectivity index (χ0) is 20.7. The number of methoxy groups -OCH3 is 1. The van der Waals surface area contributed by atoms with Gasteiger partial charge in [-0.3, -0.25) is 9.59 Å². The lowest BCUT2D eigenvalue weighted by atomic mass is 9.87. The van der Waals surface area contributed by atoms with Gasteiger partial charge in [0.1, 0.15) is 6.04 Å². The zero-order valence-electron chi connectivity index (χ0n) is 16.2. The van der Waals surface area contributed by atoms with E-state index < -0.39 is 29.8 Å². The van der Waals surface area contributed by atoms with Gasteiger partial charge in [-0.25, -0.2) is 9.18 Å². The van der Waals surface area contributed by atoms with Gasteiger partial charge >= 0.3 is 5.97 Å². The molecule has 0 bridgehead atoms. The number of ether oxygens (including phenoxy) is 1. The normalized spacial score (nSPS) is 16.7. The van der Waals surface area contributed by atoms with Crippen molar-refractivity contribution < 1.29 is 28.6 Å². The van der Waals surface area contributed by atoms with E-state index in [1.54, 1.807) is 0 Å². The summed E-state index contributed by atoms with van der Waals surface area (Å²) in [6.45, 7) is 1.49. The van der Waals surface area contributed by atoms with Gasteiger partial charge in [-0.15, -0.1) is 0 Å². The van der Waals surface area contributed by atoms with Crippen LogP contribution < -0.4 is 15.4 Å². The van der Waals surface area contributed by atoms with Gasteiger partial charge in [-0.1, -0.05) is 25.3 Å². The molecule has 1 saturated carbocycles. The van der Waals surface area contributed by atoms with Gasteiger partial charge in [0.15, 0.2) is 17.6 Å². The Balaban J connectivity index is 1.96. The van der Waals surface area contributed by atoms with Gasteiger partial charge in [0.2, 0.25) is 11.8 Å². The van der Waals surface area contributed by atoms with Crippen molar-refractivity contribution in [3.8, 4) is 5.75 Å². The third kappa shape index (κ3) is 5.94. The van der Waals surface area contributed by atoms with Gasteiger partial charge in [-0.05, 0) is 43.4 Å². The fraction of sp³-hybridized carbons (Fsp3) is 0.550. The summed E-state index contributed by atoms with van der Waals surface area (Å²) >= 11 is 0. The topological polar surface area (TPSA) is 105 Å². The Morgan fingerprint density at radius 1 is 1.21 bits per heavy atom. The molecule has 1 fully saturated rings. The molecule has 1 aromatic carbocycles. The fourth-order valence-electron chi connectivity index (χ4n) is 3.44. The van der Waals surface area contributed by atoms with E-state index >= 15 is 0 Å². The van der Waals surface area contributed by atoms with Crippen LogP contribution >= 0.6 is 0 Å². The van der Waals surface area contributed by atoms with Crippen LogP contribution in [0.15, 0.2) is 18.2 Å². The number of hydrogen-bond acceptors (Lipinski definition) is 4. The van der Waals surface area contributed by atoms with Gasteiger partial charge < -0.3 is 20.5 Å². The second kappa shape index (κ2) is 10.1. The van der Waals surface area contributed by atoms with Crippen LogP contribution in [-0.2, 0) is 14.4 Å². The minimum atomic E-state index is -1.44. The van der Waals surface area contributed by atoms with E-state index in [0.717, 1.165) is 31.7 Å². The summed E-state index contributed by atoms with van der Waals surface area (Å²) in [7, 11) is 1.30. The maximum atomic E-state index is 13.9. The highest BCUT2D eigenvalue weighted by Crippen LogP contribution is 2.26. The maximum Gasteiger partial charge on any atom is 0.330 e. The van der Waals surface area contributed by atoms with E-state index in [1.165, 1.54) is 32.6 Å². The number of carbonyl (C=O) groups is 3. The molecule has 2 rings (SSSR count). The lowest BCUT2D eigenvalue weighted by Crippen LogP contribution is -2.47. The quantitative estimate of drug-likeness (QED) is 0.629. The number of nitrogens with one attached hydrogen (secondary N) is 2. The number of carboxylic acid groups (broad SMARTS) is 1. The number of carbonyl (C=O) groups excluding carboxylic acids is 2. The van der Waals surface area contributed by atoms with Gasteiger partial charge in [0.05, 0.1) is 7.11 Å². The molecule has 1 aliphatic carbocycles. The number of aliphatic carboxylic acids is 1. The first-order chi connectivity index (χ1) is 13.3. The first-order valence-electron chi connectivity index (χ1n) is 9.47. The average Bonchev–Trinajstić information content (AvgIpc) is 2.66. The van der Waals surface area contributed by atoms with Gasteiger partial charge in [0.25, 0.3) is 0 Å². The van der Waals surface area contributed by atoms with Crippen LogP contribution in [0, 0.1) is 11.7 Å². The van der Waals surface area contributed by atoms with E-state index in [-0.39, 0.29) is 17.2 Å². The molecule has 8 heteroatoms. The summed E-state index contributed by atoms with van der Waals surface area (Å²) in [5.41, 5.74) is 0.0693. The fourth-order valence-corrected chi connectivity index (χ4v) is 3.44. The lowest BCUT2D eigenvalue weighted by Gasteiger charge is -2.23. The summed E-state index contributed by atoms with van der Waals surface area (Å²) in [6.07, 6.45) is 5.82. The summed E-state index contributed by atoms with van der Waals surface area (Å²) in [6, 6.07) is 1.33. The van der Waals surface area contributed by atoms with E-state index in [2.05, 4.69) is 10.6 Å². The highest BCUT2D eigenvalue weighted by molar-refractivity contribution is 5.90. The predicted molar refractivity (Wildman–Crippen MR) is 100 cm³/mol. The molecule has 0 aromatic heterocycles. The van der Waals surface area contributed by atoms with Crippen LogP contribution in [0.3, 0.4) is 0 Å². The van der Waals surface area contributed by atoms with Crippen LogP contribution in [0.1, 0.15) is 57.1 Å². The van der Waals surface area contributed by atoms with Crippen LogP contribution in [0.4, 0.5) is 4.39 Å². The van der Waals surface area contributed by atoms with Gasteiger partial charge in [-0.2, -0.15) is 0 Å². The maximum absolute atomic E-state index is 13.9. The molecule has 1 aromatic rings. The summed E-state index contributed by atoms with van der Waals surface area (Å²) in [5.74, 6) is -2.63. The molecular formula is C20H27FN2O5. The molecule has 7 nitrogen and oxygen atoms in total. The molecule has 2 atom stereocenters. The second-order valence-corrected chi connectivity index (χ2v) is 7.17. The first-order valence-corrected chi connectivity index (χ1v) is 9.47. The third-order valence-electron chi connectivity index (χ3n) is 5.01. The largest absolute Gasteiger partial charge is 0.494 e. The summed E-state index contributed by atoms with van der Waals surface area (Å²) in [5, 5.41) is 14.4. The number of rotatable bonds is 8. The number of amides is 2. The molecule has 1 aliphatic rings. The molecule has 154 valence electrons. The molecule has 0 spiro atoms. The Bertz CT molecular complexity index is 719. The molecular weight excluding hydrogens is 367 g/mol. The zero-order valence-corrected chi connectivity index (χ0v) is 16.2. The first kappa shape index (κ1) is 21.7. The van der Waals surface area contributed by atoms with E-state index in [0.29, 0.717) is 12.3 Å². The van der Waals surface area contributed by atoms with Crippen molar-refractivity contribution in [2.45, 2.75) is 57.5 Å². The Kier molecular flexibility index (Phi) is 7.78. The minimum Gasteiger partial charge on any atom is -0.494 e. The molecule has 2 unspecified atom stereocenters. The van der Waals surface area contributed by atoms with Crippen LogP contribution in [0.25, 0.3) is 0 Å². The lowest BCUT2D eigenvalue weighted by molar-refractivity contribution is -0.142. The molecule has 28 heavy (non-hydrogen) atoms. The monoisotopic (exact) mass is 394 g/mol. The van der Waals surface area contributed by atoms with Crippen LogP contribution in [0.5, 0.6) is 5.75 Å². The molecule has 0 radical (unpaired) electrons. The Morgan fingerprint density at radius 3 is 2.46 bits per heavy atom. The second-order valence-electron chi connectivity index (χ2n) is 7.17. The number of hydrogen-bond donors (Lipinski definition) is 3. The molecule has 3 N–H and O–H groups in total. The highest BCUT2D eigenvalue weighted by Gasteiger charge is 2.27. The molecule has 0 aliphatic heterocycles. The number of halogens is 1. The SMILES string of the molecule is COc1ccc(C(NC(=O)C(C)NC(=O)CC2CCCCC2)C(=O)O)cc1F. The number of carboxylic acids is 1. The smallest absolute Gasteiger partial charge is 0.330 e. The van der Waals surface area contributed by atoms with Gasteiger partial charge in [0, 0.05) is 6.42 Å². The predicted octanol–water partition coefficient (Wildman–Crippen LogP) is 2.55. The van der Waals surface area contributed by atoms with Crippen LogP contribution in [0.2, 0.25) is 0 Å². The van der Waals surface area contributed by atoms with E-state index in [4.69, 9.17) is 4.74 Å². The number of benzene rings is 1. The van der Waals surface area contributed by atoms with Crippen molar-refractivity contribution in [1.29, 1.82) is 0 Å². The van der Waals surface area contributed by atoms with Crippen molar-refractivity contribution in [1.82, 2.24) is 10.6 Å². The van der Waals surface area contributed by atoms with E-state index in [1.807, 2.05) is 0 Å². The van der Waals surface area contributed by atoms with Crippen molar-refractivity contribution >= 4 is 17.8 Å². The molecule has 0 heterocycles. The average molecular weight is 394 g/mol. The standard InChI is InChI=1S/C20H27FN2O5/c1-12(22-17(24)10-13-6-4-3-5-7-13)19(25)23-18(20(26)27)14-8-9-16(28-2)15(21)11-14/h8-9,11-13,18H,3-7,10H2,1-2H3,(H,22,24)(H,23,25)(H,26,27). The van der Waals surface area contributed by atoms with Crippen molar-refractivity contribution in [2.24, 2.45) is 5.92 Å². The third-order valence-corrected chi connectivity index (χ3v) is 5.01. The summed E-state index contributed by atoms with van der Waals surface area (Å²) in [4.78, 5) is 36.1. The molecule has 0 saturated heterocycles. The summed E-state index contributed by atoms with van der Waals surface area (Å²) < 4.78 is 18.7. The van der Waals surface area contributed by atoms with E-state index in [9.17, 15) is 23.9 Å². The Hall–Kier alpha value is -2.64. The molecule has 2 amide bonds. The Labute approximate surface area is 163 Å². The van der Waals surface area contributed by atoms with Crippen molar-refractivity contribution in [3.63, 3.8) is 0 Å². The Morgan fingerprint density at radius 2 is 1.89 bits per heavy atom. The highest BCUT2D eigenvalue weighted by atomic mass is 19.1. The van der Waals surface area contributed by atoms with Crippen molar-refractivity contribution in [2.75, 3.05) is 7.11 Å². The van der Waals surface area contributed by atoms with Crippen molar-refractivity contribution in [3.05, 3.63) is 29.6 Å². The minimum absolute atomic E-state index is 0.0254.